The van der Waals surface area contributed by atoms with E-state index in [-0.39, 0.29) is 28.6 Å². The van der Waals surface area contributed by atoms with Crippen LogP contribution < -0.4 is 15.7 Å². The Labute approximate surface area is 150 Å². The zero-order chi connectivity index (χ0) is 19.3. The van der Waals surface area contributed by atoms with Gasteiger partial charge in [-0.1, -0.05) is 6.07 Å². The van der Waals surface area contributed by atoms with E-state index in [1.807, 2.05) is 0 Å². The summed E-state index contributed by atoms with van der Waals surface area (Å²) in [4.78, 5) is 9.93. The van der Waals surface area contributed by atoms with Crippen LogP contribution >= 0.6 is 0 Å². The average molecular weight is 381 g/mol. The SMILES string of the molecule is Nc1ccc(OS(=O)(=O)c2ccc(CCCCO)cc2N)cc1[N+](=O)[O-]. The Morgan fingerprint density at radius 1 is 1.08 bits per heavy atom. The summed E-state index contributed by atoms with van der Waals surface area (Å²) < 4.78 is 29.8. The van der Waals surface area contributed by atoms with E-state index in [2.05, 4.69) is 0 Å². The van der Waals surface area contributed by atoms with Gasteiger partial charge in [0.1, 0.15) is 16.3 Å². The molecule has 9 nitrogen and oxygen atoms in total. The monoisotopic (exact) mass is 381 g/mol. The summed E-state index contributed by atoms with van der Waals surface area (Å²) in [5.74, 6) is -0.239. The van der Waals surface area contributed by atoms with Crippen LogP contribution in [-0.2, 0) is 16.5 Å². The lowest BCUT2D eigenvalue weighted by atomic mass is 10.1. The number of nitrogen functional groups attached to an aromatic ring is 2. The molecule has 0 spiro atoms. The predicted molar refractivity (Wildman–Crippen MR) is 96.2 cm³/mol. The van der Waals surface area contributed by atoms with Gasteiger partial charge >= 0.3 is 10.1 Å². The highest BCUT2D eigenvalue weighted by atomic mass is 32.2. The molecule has 5 N–H and O–H groups in total. The Balaban J connectivity index is 2.25. The number of aliphatic hydroxyl groups is 1. The lowest BCUT2D eigenvalue weighted by molar-refractivity contribution is -0.383. The summed E-state index contributed by atoms with van der Waals surface area (Å²) >= 11 is 0. The Morgan fingerprint density at radius 3 is 2.42 bits per heavy atom. The van der Waals surface area contributed by atoms with Gasteiger partial charge in [-0.2, -0.15) is 8.42 Å². The quantitative estimate of drug-likeness (QED) is 0.205. The molecule has 0 bridgehead atoms. The van der Waals surface area contributed by atoms with Crippen molar-refractivity contribution in [2.75, 3.05) is 18.1 Å². The third-order valence-electron chi connectivity index (χ3n) is 3.62. The normalized spacial score (nSPS) is 11.3. The minimum atomic E-state index is -4.27. The first kappa shape index (κ1) is 19.5. The molecule has 0 saturated heterocycles. The van der Waals surface area contributed by atoms with Gasteiger partial charge in [0.15, 0.2) is 0 Å². The molecule has 2 rings (SSSR count). The van der Waals surface area contributed by atoms with Gasteiger partial charge in [0, 0.05) is 6.61 Å². The maximum atomic E-state index is 12.4. The molecule has 0 unspecified atom stereocenters. The maximum absolute atomic E-state index is 12.4. The van der Waals surface area contributed by atoms with E-state index in [0.29, 0.717) is 12.8 Å². The number of nitrogens with zero attached hydrogens (tertiary/aromatic N) is 1. The highest BCUT2D eigenvalue weighted by Gasteiger charge is 2.22. The van der Waals surface area contributed by atoms with Gasteiger partial charge in [0.05, 0.1) is 16.7 Å². The molecular formula is C16H19N3O6S. The van der Waals surface area contributed by atoms with Crippen LogP contribution in [0.15, 0.2) is 41.3 Å². The van der Waals surface area contributed by atoms with Crippen molar-refractivity contribution < 1.29 is 22.6 Å². The fourth-order valence-corrected chi connectivity index (χ4v) is 3.36. The summed E-state index contributed by atoms with van der Waals surface area (Å²) in [6.07, 6.45) is 2.03. The van der Waals surface area contributed by atoms with Crippen LogP contribution in [-0.4, -0.2) is 25.1 Å². The Kier molecular flexibility index (Phi) is 6.01. The van der Waals surface area contributed by atoms with Gasteiger partial charge in [-0.05, 0) is 49.1 Å². The lowest BCUT2D eigenvalue weighted by Gasteiger charge is -2.11. The van der Waals surface area contributed by atoms with Crippen LogP contribution in [0, 0.1) is 10.1 Å². The number of benzene rings is 2. The molecule has 26 heavy (non-hydrogen) atoms. The highest BCUT2D eigenvalue weighted by Crippen LogP contribution is 2.30. The Hall–Kier alpha value is -2.85. The van der Waals surface area contributed by atoms with Gasteiger partial charge in [-0.25, -0.2) is 0 Å². The number of rotatable bonds is 8. The van der Waals surface area contributed by atoms with E-state index in [1.165, 1.54) is 24.3 Å². The van der Waals surface area contributed by atoms with Crippen molar-refractivity contribution in [3.8, 4) is 5.75 Å². The minimum absolute atomic E-state index is 0.0106. The molecule has 0 amide bonds. The number of unbranched alkanes of at least 4 members (excludes halogenated alkanes) is 1. The van der Waals surface area contributed by atoms with Crippen LogP contribution in [0.25, 0.3) is 0 Å². The molecule has 0 radical (unpaired) electrons. The molecule has 0 aliphatic rings. The zero-order valence-corrected chi connectivity index (χ0v) is 14.6. The highest BCUT2D eigenvalue weighted by molar-refractivity contribution is 7.87. The maximum Gasteiger partial charge on any atom is 0.341 e. The number of aryl methyl sites for hydroxylation is 1. The molecular weight excluding hydrogens is 362 g/mol. The number of hydrogen-bond donors (Lipinski definition) is 3. The number of nitro benzene ring substituents is 1. The number of aliphatic hydroxyl groups excluding tert-OH is 1. The van der Waals surface area contributed by atoms with Gasteiger partial charge in [-0.15, -0.1) is 0 Å². The van der Waals surface area contributed by atoms with Crippen LogP contribution in [0.5, 0.6) is 5.75 Å². The van der Waals surface area contributed by atoms with Crippen LogP contribution in [0.3, 0.4) is 0 Å². The molecule has 0 aliphatic heterocycles. The van der Waals surface area contributed by atoms with Crippen molar-refractivity contribution in [1.29, 1.82) is 0 Å². The first-order chi connectivity index (χ1) is 12.2. The Morgan fingerprint density at radius 2 is 1.81 bits per heavy atom. The topological polar surface area (TPSA) is 159 Å². The molecule has 0 heterocycles. The minimum Gasteiger partial charge on any atom is -0.398 e. The van der Waals surface area contributed by atoms with E-state index < -0.39 is 20.7 Å². The smallest absolute Gasteiger partial charge is 0.341 e. The van der Waals surface area contributed by atoms with E-state index in [9.17, 15) is 18.5 Å². The first-order valence-corrected chi connectivity index (χ1v) is 9.13. The molecule has 0 fully saturated rings. The standard InChI is InChI=1S/C16H19N3O6S/c17-13-6-5-12(10-15(13)19(21)22)25-26(23,24)16-7-4-11(9-14(16)18)3-1-2-8-20/h4-7,9-10,20H,1-3,8,17-18H2. The zero-order valence-electron chi connectivity index (χ0n) is 13.8. The third-order valence-corrected chi connectivity index (χ3v) is 4.94. The van der Waals surface area contributed by atoms with Gasteiger partial charge in [0.2, 0.25) is 0 Å². The van der Waals surface area contributed by atoms with Crippen molar-refractivity contribution >= 4 is 27.2 Å². The summed E-state index contributed by atoms with van der Waals surface area (Å²) in [5, 5.41) is 19.7. The van der Waals surface area contributed by atoms with Crippen molar-refractivity contribution in [3.63, 3.8) is 0 Å². The first-order valence-electron chi connectivity index (χ1n) is 7.72. The fraction of sp³-hybridized carbons (Fsp3) is 0.250. The number of nitro groups is 1. The Bertz CT molecular complexity index is 914. The van der Waals surface area contributed by atoms with Crippen molar-refractivity contribution in [1.82, 2.24) is 0 Å². The van der Waals surface area contributed by atoms with Gasteiger partial charge in [-0.3, -0.25) is 10.1 Å². The molecule has 0 atom stereocenters. The molecule has 0 aromatic heterocycles. The second kappa shape index (κ2) is 8.02. The summed E-state index contributed by atoms with van der Waals surface area (Å²) in [6, 6.07) is 7.81. The van der Waals surface area contributed by atoms with Crippen LogP contribution in [0.2, 0.25) is 0 Å². The van der Waals surface area contributed by atoms with E-state index in [0.717, 1.165) is 18.1 Å². The number of hydrogen-bond acceptors (Lipinski definition) is 8. The molecule has 2 aromatic rings. The summed E-state index contributed by atoms with van der Waals surface area (Å²) in [7, 11) is -4.27. The predicted octanol–water partition coefficient (Wildman–Crippen LogP) is 1.84. The second-order valence-electron chi connectivity index (χ2n) is 5.57. The van der Waals surface area contributed by atoms with Gasteiger partial charge < -0.3 is 20.8 Å². The van der Waals surface area contributed by atoms with E-state index in [1.54, 1.807) is 6.07 Å². The molecule has 0 aliphatic carbocycles. The summed E-state index contributed by atoms with van der Waals surface area (Å²) in [5.41, 5.74) is 11.6. The second-order valence-corrected chi connectivity index (χ2v) is 7.08. The summed E-state index contributed by atoms with van der Waals surface area (Å²) in [6.45, 7) is 0.0868. The molecule has 0 saturated carbocycles. The fourth-order valence-electron chi connectivity index (χ4n) is 2.33. The molecule has 2 aromatic carbocycles. The van der Waals surface area contributed by atoms with Crippen LogP contribution in [0.4, 0.5) is 17.1 Å². The molecule has 10 heteroatoms. The van der Waals surface area contributed by atoms with Crippen molar-refractivity contribution in [3.05, 3.63) is 52.1 Å². The largest absolute Gasteiger partial charge is 0.398 e. The van der Waals surface area contributed by atoms with Gasteiger partial charge in [0.25, 0.3) is 5.69 Å². The number of anilines is 2. The third kappa shape index (κ3) is 4.61. The average Bonchev–Trinajstić information content (AvgIpc) is 2.56. The van der Waals surface area contributed by atoms with Crippen molar-refractivity contribution in [2.24, 2.45) is 0 Å². The van der Waals surface area contributed by atoms with Crippen LogP contribution in [0.1, 0.15) is 18.4 Å². The van der Waals surface area contributed by atoms with E-state index >= 15 is 0 Å². The van der Waals surface area contributed by atoms with Crippen molar-refractivity contribution in [2.45, 2.75) is 24.2 Å². The van der Waals surface area contributed by atoms with E-state index in [4.69, 9.17) is 20.8 Å². The molecule has 140 valence electrons. The lowest BCUT2D eigenvalue weighted by Crippen LogP contribution is -2.12. The number of nitrogens with two attached hydrogens (primary N) is 2.